The fraction of sp³-hybridized carbons (Fsp3) is 0.500. The number of ether oxygens (including phenoxy) is 1. The van der Waals surface area contributed by atoms with E-state index >= 15 is 0 Å². The summed E-state index contributed by atoms with van der Waals surface area (Å²) in [5, 5.41) is 6.52. The first-order valence-electron chi connectivity index (χ1n) is 10.6. The summed E-state index contributed by atoms with van der Waals surface area (Å²) in [4.78, 5) is 28.9. The maximum atomic E-state index is 13.2. The van der Waals surface area contributed by atoms with E-state index in [1.54, 1.807) is 17.9 Å². The fourth-order valence-corrected chi connectivity index (χ4v) is 4.02. The van der Waals surface area contributed by atoms with Crippen molar-refractivity contribution in [3.63, 3.8) is 0 Å². The van der Waals surface area contributed by atoms with Crippen LogP contribution in [0.4, 0.5) is 5.82 Å². The number of aryl methyl sites for hydroxylation is 1. The average molecular weight is 413 g/mol. The topological polar surface area (TPSA) is 89.1 Å². The van der Waals surface area contributed by atoms with E-state index in [4.69, 9.17) is 9.26 Å². The number of aromatic nitrogens is 1. The van der Waals surface area contributed by atoms with Crippen molar-refractivity contribution in [1.29, 1.82) is 0 Å². The van der Waals surface area contributed by atoms with Crippen molar-refractivity contribution in [1.82, 2.24) is 10.1 Å². The van der Waals surface area contributed by atoms with Gasteiger partial charge in [-0.1, -0.05) is 35.5 Å². The standard InChI is InChI=1S/C22H28N4O4/c1-16-13-20(24-30-16)23-21(27)15-26(8-7-25-9-11-29-12-10-25)22(28)19-14-18(19)17-5-3-2-4-6-17/h2-6,13,18-19H,7-12,14-15H2,1H3,(H,23,24,27)/p+1/t18-,19+/m0/s1. The molecule has 160 valence electrons. The Balaban J connectivity index is 1.38. The number of nitrogens with one attached hydrogen (secondary N) is 2. The molecule has 1 aromatic heterocycles. The molecule has 2 heterocycles. The number of nitrogens with zero attached hydrogens (tertiary/aromatic N) is 2. The summed E-state index contributed by atoms with van der Waals surface area (Å²) in [6.45, 7) is 6.51. The van der Waals surface area contributed by atoms with Crippen LogP contribution in [0.15, 0.2) is 40.9 Å². The van der Waals surface area contributed by atoms with Crippen LogP contribution in [0.3, 0.4) is 0 Å². The summed E-state index contributed by atoms with van der Waals surface area (Å²) in [5.41, 5.74) is 1.19. The van der Waals surface area contributed by atoms with Crippen molar-refractivity contribution in [3.05, 3.63) is 47.7 Å². The first-order chi connectivity index (χ1) is 14.6. The Bertz CT molecular complexity index is 863. The van der Waals surface area contributed by atoms with Crippen molar-refractivity contribution in [2.75, 3.05) is 51.3 Å². The molecule has 2 amide bonds. The molecule has 2 aliphatic rings. The Morgan fingerprint density at radius 3 is 2.70 bits per heavy atom. The largest absolute Gasteiger partial charge is 0.370 e. The van der Waals surface area contributed by atoms with Gasteiger partial charge >= 0.3 is 0 Å². The predicted molar refractivity (Wildman–Crippen MR) is 110 cm³/mol. The molecule has 2 fully saturated rings. The number of anilines is 1. The molecule has 30 heavy (non-hydrogen) atoms. The Kier molecular flexibility index (Phi) is 6.44. The number of hydrogen-bond acceptors (Lipinski definition) is 5. The van der Waals surface area contributed by atoms with Crippen molar-refractivity contribution in [3.8, 4) is 0 Å². The summed E-state index contributed by atoms with van der Waals surface area (Å²) in [6.07, 6.45) is 0.841. The fourth-order valence-electron chi connectivity index (χ4n) is 4.02. The third-order valence-corrected chi connectivity index (χ3v) is 5.81. The van der Waals surface area contributed by atoms with Crippen LogP contribution in [0.2, 0.25) is 0 Å². The van der Waals surface area contributed by atoms with Gasteiger partial charge in [0.05, 0.1) is 26.3 Å². The van der Waals surface area contributed by atoms with Crippen LogP contribution in [0.25, 0.3) is 0 Å². The van der Waals surface area contributed by atoms with Crippen LogP contribution in [-0.4, -0.2) is 67.8 Å². The Morgan fingerprint density at radius 2 is 2.00 bits per heavy atom. The van der Waals surface area contributed by atoms with Crippen LogP contribution >= 0.6 is 0 Å². The first-order valence-corrected chi connectivity index (χ1v) is 10.6. The maximum absolute atomic E-state index is 13.2. The van der Waals surface area contributed by atoms with Crippen molar-refractivity contribution in [2.45, 2.75) is 19.3 Å². The van der Waals surface area contributed by atoms with Gasteiger partial charge in [0, 0.05) is 12.0 Å². The average Bonchev–Trinajstić information content (AvgIpc) is 3.47. The quantitative estimate of drug-likeness (QED) is 0.657. The van der Waals surface area contributed by atoms with Gasteiger partial charge in [0.25, 0.3) is 0 Å². The molecule has 0 unspecified atom stereocenters. The molecule has 8 nitrogen and oxygen atoms in total. The molecule has 0 radical (unpaired) electrons. The summed E-state index contributed by atoms with van der Waals surface area (Å²) in [6, 6.07) is 11.8. The monoisotopic (exact) mass is 413 g/mol. The second kappa shape index (κ2) is 9.40. The normalized spacial score (nSPS) is 21.2. The van der Waals surface area contributed by atoms with Crippen LogP contribution in [0, 0.1) is 12.8 Å². The highest BCUT2D eigenvalue weighted by atomic mass is 16.5. The van der Waals surface area contributed by atoms with Gasteiger partial charge in [-0.05, 0) is 24.8 Å². The number of benzene rings is 1. The lowest BCUT2D eigenvalue weighted by Gasteiger charge is -2.28. The molecular formula is C22H29N4O4+. The van der Waals surface area contributed by atoms with Gasteiger partial charge in [0.15, 0.2) is 5.82 Å². The van der Waals surface area contributed by atoms with Crippen molar-refractivity contribution >= 4 is 17.6 Å². The SMILES string of the molecule is Cc1cc(NC(=O)CN(CC[NH+]2CCOCC2)C(=O)[C@@H]2C[C@H]2c2ccccc2)no1. The highest BCUT2D eigenvalue weighted by Crippen LogP contribution is 2.48. The van der Waals surface area contributed by atoms with E-state index in [9.17, 15) is 9.59 Å². The molecule has 1 aliphatic carbocycles. The highest BCUT2D eigenvalue weighted by Gasteiger charge is 2.46. The Labute approximate surface area is 176 Å². The highest BCUT2D eigenvalue weighted by molar-refractivity contribution is 5.94. The van der Waals surface area contributed by atoms with Crippen molar-refractivity contribution < 1.29 is 23.7 Å². The van der Waals surface area contributed by atoms with Gasteiger partial charge < -0.3 is 24.4 Å². The smallest absolute Gasteiger partial charge is 0.245 e. The van der Waals surface area contributed by atoms with Gasteiger partial charge in [-0.2, -0.15) is 0 Å². The van der Waals surface area contributed by atoms with E-state index in [-0.39, 0.29) is 30.2 Å². The molecule has 8 heteroatoms. The molecule has 0 bridgehead atoms. The molecule has 1 aliphatic heterocycles. The van der Waals surface area contributed by atoms with Gasteiger partial charge in [-0.3, -0.25) is 9.59 Å². The Hall–Kier alpha value is -2.71. The van der Waals surface area contributed by atoms with Gasteiger partial charge in [-0.15, -0.1) is 0 Å². The summed E-state index contributed by atoms with van der Waals surface area (Å²) >= 11 is 0. The van der Waals surface area contributed by atoms with Gasteiger partial charge in [0.2, 0.25) is 11.8 Å². The second-order valence-corrected chi connectivity index (χ2v) is 8.10. The lowest BCUT2D eigenvalue weighted by molar-refractivity contribution is -0.907. The van der Waals surface area contributed by atoms with Gasteiger partial charge in [-0.25, -0.2) is 0 Å². The summed E-state index contributed by atoms with van der Waals surface area (Å²) < 4.78 is 10.4. The van der Waals surface area contributed by atoms with E-state index < -0.39 is 0 Å². The number of morpholine rings is 1. The number of rotatable bonds is 8. The maximum Gasteiger partial charge on any atom is 0.245 e. The molecule has 2 aromatic rings. The molecule has 0 spiro atoms. The molecule has 1 saturated carbocycles. The third kappa shape index (κ3) is 5.25. The third-order valence-electron chi connectivity index (χ3n) is 5.81. The minimum Gasteiger partial charge on any atom is -0.370 e. The number of carbonyl (C=O) groups excluding carboxylic acids is 2. The molecule has 1 saturated heterocycles. The lowest BCUT2D eigenvalue weighted by atomic mass is 10.1. The van der Waals surface area contributed by atoms with Crippen LogP contribution in [0.1, 0.15) is 23.7 Å². The minimum atomic E-state index is -0.259. The zero-order valence-electron chi connectivity index (χ0n) is 17.3. The number of quaternary nitrogens is 1. The Morgan fingerprint density at radius 1 is 1.23 bits per heavy atom. The van der Waals surface area contributed by atoms with E-state index in [1.807, 2.05) is 18.2 Å². The van der Waals surface area contributed by atoms with E-state index in [1.165, 1.54) is 10.5 Å². The second-order valence-electron chi connectivity index (χ2n) is 8.10. The van der Waals surface area contributed by atoms with Crippen LogP contribution in [0.5, 0.6) is 0 Å². The van der Waals surface area contributed by atoms with E-state index in [2.05, 4.69) is 22.6 Å². The predicted octanol–water partition coefficient (Wildman–Crippen LogP) is 0.469. The van der Waals surface area contributed by atoms with Gasteiger partial charge in [0.1, 0.15) is 25.4 Å². The number of hydrogen-bond donors (Lipinski definition) is 2. The lowest BCUT2D eigenvalue weighted by Crippen LogP contribution is -3.14. The molecule has 2 N–H and O–H groups in total. The zero-order chi connectivity index (χ0) is 20.9. The van der Waals surface area contributed by atoms with E-state index in [0.717, 1.165) is 39.3 Å². The van der Waals surface area contributed by atoms with Crippen molar-refractivity contribution in [2.24, 2.45) is 5.92 Å². The van der Waals surface area contributed by atoms with Crippen LogP contribution < -0.4 is 10.2 Å². The van der Waals surface area contributed by atoms with E-state index in [0.29, 0.717) is 18.1 Å². The minimum absolute atomic E-state index is 0.0204. The molecule has 4 rings (SSSR count). The number of amides is 2. The summed E-state index contributed by atoms with van der Waals surface area (Å²) in [7, 11) is 0. The molecule has 2 atom stereocenters. The first kappa shape index (κ1) is 20.6. The summed E-state index contributed by atoms with van der Waals surface area (Å²) in [5.74, 6) is 0.996. The molecular weight excluding hydrogens is 384 g/mol. The molecule has 1 aromatic carbocycles. The number of carbonyl (C=O) groups is 2. The van der Waals surface area contributed by atoms with Crippen LogP contribution in [-0.2, 0) is 14.3 Å². The zero-order valence-corrected chi connectivity index (χ0v) is 17.3.